The standard InChI is InChI=1S/C29H35.C13H10.2ClH.Zr/c1-16(2)23-14-19(7)13-22-15-24-27(21-11-9-10-12-21)20(8)25(17(3)4)26(18(5)6)29(24)28(22)23;1-3-7-12(8-4-1)11-13-9-5-2-6-10-13;;;/h9-11,13-18H,12H2,1-8H3;1-10H;2*1H;/q;;;;+2/p-2. The average Bonchev–Trinajstić information content (AvgIpc) is 3.62. The molecule has 0 aliphatic heterocycles. The minimum Gasteiger partial charge on any atom is -1.00 e. The number of fused-ring (bicyclic) bond motifs is 3. The molecular formula is C42H45Cl2Zr. The van der Waals surface area contributed by atoms with Crippen LogP contribution in [0.5, 0.6) is 0 Å². The van der Waals surface area contributed by atoms with Crippen LogP contribution in [-0.2, 0) is 22.8 Å². The molecule has 0 aromatic heterocycles. The van der Waals surface area contributed by atoms with Crippen LogP contribution in [0.4, 0.5) is 0 Å². The second-order valence-corrected chi connectivity index (χ2v) is 16.8. The first kappa shape index (κ1) is 35.5. The molecule has 1 atom stereocenters. The van der Waals surface area contributed by atoms with Gasteiger partial charge in [0.2, 0.25) is 0 Å². The molecule has 4 aromatic rings. The van der Waals surface area contributed by atoms with Gasteiger partial charge in [-0.3, -0.25) is 0 Å². The summed E-state index contributed by atoms with van der Waals surface area (Å²) in [5, 5.41) is 0. The first-order chi connectivity index (χ1) is 20.7. The predicted octanol–water partition coefficient (Wildman–Crippen LogP) is 5.45. The molecule has 0 spiro atoms. The van der Waals surface area contributed by atoms with E-state index in [4.69, 9.17) is 0 Å². The summed E-state index contributed by atoms with van der Waals surface area (Å²) in [6.07, 6.45) is 8.06. The Morgan fingerprint density at radius 2 is 1.27 bits per heavy atom. The van der Waals surface area contributed by atoms with Gasteiger partial charge < -0.3 is 24.8 Å². The third-order valence-electron chi connectivity index (χ3n) is 9.35. The molecule has 45 heavy (non-hydrogen) atoms. The van der Waals surface area contributed by atoms with Crippen molar-refractivity contribution >= 4 is 8.78 Å². The fourth-order valence-corrected chi connectivity index (χ4v) is 12.1. The van der Waals surface area contributed by atoms with E-state index in [1.165, 1.54) is 33.4 Å². The van der Waals surface area contributed by atoms with Crippen molar-refractivity contribution in [2.24, 2.45) is 0 Å². The van der Waals surface area contributed by atoms with E-state index in [1.807, 2.05) is 0 Å². The van der Waals surface area contributed by atoms with Gasteiger partial charge in [0.15, 0.2) is 0 Å². The Bertz CT molecular complexity index is 1730. The Morgan fingerprint density at radius 3 is 1.76 bits per heavy atom. The third-order valence-corrected chi connectivity index (χ3v) is 13.7. The normalized spacial score (nSPS) is 14.6. The molecule has 0 amide bonds. The smallest absolute Gasteiger partial charge is 1.00 e. The van der Waals surface area contributed by atoms with Crippen LogP contribution >= 0.6 is 0 Å². The van der Waals surface area contributed by atoms with Gasteiger partial charge in [0, 0.05) is 0 Å². The van der Waals surface area contributed by atoms with Crippen LogP contribution in [0.2, 0.25) is 0 Å². The molecular weight excluding hydrogens is 667 g/mol. The molecule has 1 unspecified atom stereocenters. The molecule has 231 valence electrons. The number of aryl methyl sites for hydroxylation is 1. The number of benzene rings is 4. The van der Waals surface area contributed by atoms with Gasteiger partial charge >= 0.3 is 273 Å². The van der Waals surface area contributed by atoms with Crippen molar-refractivity contribution in [3.8, 4) is 11.1 Å². The van der Waals surface area contributed by atoms with Crippen LogP contribution in [0.25, 0.3) is 16.7 Å². The second kappa shape index (κ2) is 14.6. The van der Waals surface area contributed by atoms with E-state index in [-0.39, 0.29) is 24.8 Å². The van der Waals surface area contributed by atoms with E-state index in [2.05, 4.69) is 146 Å². The summed E-state index contributed by atoms with van der Waals surface area (Å²) in [7, 11) is 0. The van der Waals surface area contributed by atoms with Crippen LogP contribution in [0, 0.1) is 13.8 Å². The quantitative estimate of drug-likeness (QED) is 0.240. The summed E-state index contributed by atoms with van der Waals surface area (Å²) in [6, 6.07) is 27.6. The van der Waals surface area contributed by atoms with E-state index in [1.54, 1.807) is 42.2 Å². The van der Waals surface area contributed by atoms with Gasteiger partial charge in [-0.25, -0.2) is 0 Å². The van der Waals surface area contributed by atoms with Gasteiger partial charge in [-0.1, -0.05) is 0 Å². The molecule has 6 rings (SSSR count). The Morgan fingerprint density at radius 1 is 0.689 bits per heavy atom. The molecule has 0 nitrogen and oxygen atoms in total. The Hall–Kier alpha value is -2.31. The Balaban J connectivity index is 0.00000230. The third kappa shape index (κ3) is 6.48. The zero-order valence-electron chi connectivity index (χ0n) is 27.9. The molecule has 2 aliphatic carbocycles. The molecule has 0 bridgehead atoms. The van der Waals surface area contributed by atoms with E-state index in [9.17, 15) is 0 Å². The van der Waals surface area contributed by atoms with E-state index in [0.717, 1.165) is 6.42 Å². The van der Waals surface area contributed by atoms with Crippen molar-refractivity contribution < 1.29 is 47.6 Å². The maximum absolute atomic E-state index is 2.57. The van der Waals surface area contributed by atoms with Crippen molar-refractivity contribution in [2.75, 3.05) is 0 Å². The van der Waals surface area contributed by atoms with Gasteiger partial charge in [0.05, 0.1) is 0 Å². The van der Waals surface area contributed by atoms with Crippen LogP contribution in [0.15, 0.2) is 91.0 Å². The molecule has 2 aliphatic rings. The van der Waals surface area contributed by atoms with Gasteiger partial charge in [-0.15, -0.1) is 0 Å². The van der Waals surface area contributed by atoms with Crippen LogP contribution in [-0.4, -0.2) is 3.21 Å². The largest absolute Gasteiger partial charge is 1.00 e. The number of hydrogen-bond acceptors (Lipinski definition) is 0. The molecule has 0 heterocycles. The summed E-state index contributed by atoms with van der Waals surface area (Å²) < 4.78 is 2.05. The van der Waals surface area contributed by atoms with E-state index in [0.29, 0.717) is 21.4 Å². The first-order valence-electron chi connectivity index (χ1n) is 16.1. The molecule has 4 aromatic carbocycles. The SMILES string of the molecule is Cc1cc(C(C)C)c2c(c1)[CH]([Zr+2]=[C](c1ccccc1)c1ccccc1)c1c(C3=CC=CC3)c(C)c(C(C)C)c(C(C)C)c1-2.[Cl-].[Cl-]. The molecule has 0 radical (unpaired) electrons. The maximum atomic E-state index is 2.57. The average molecular weight is 712 g/mol. The maximum Gasteiger partial charge on any atom is -1.00 e. The predicted molar refractivity (Wildman–Crippen MR) is 183 cm³/mol. The topological polar surface area (TPSA) is 0 Å². The number of hydrogen-bond donors (Lipinski definition) is 0. The number of halogens is 2. The Kier molecular flexibility index (Phi) is 11.6. The van der Waals surface area contributed by atoms with Gasteiger partial charge in [-0.05, 0) is 0 Å². The molecule has 0 fully saturated rings. The van der Waals surface area contributed by atoms with Crippen LogP contribution in [0.1, 0.15) is 125 Å². The zero-order chi connectivity index (χ0) is 30.4. The summed E-state index contributed by atoms with van der Waals surface area (Å²) >= 11 is -1.24. The summed E-state index contributed by atoms with van der Waals surface area (Å²) in [6.45, 7) is 19.2. The van der Waals surface area contributed by atoms with Crippen LogP contribution in [0.3, 0.4) is 0 Å². The minimum atomic E-state index is -1.24. The summed E-state index contributed by atoms with van der Waals surface area (Å²) in [4.78, 5) is 0. The van der Waals surface area contributed by atoms with Gasteiger partial charge in [0.25, 0.3) is 0 Å². The monoisotopic (exact) mass is 709 g/mol. The van der Waals surface area contributed by atoms with Crippen molar-refractivity contribution in [1.82, 2.24) is 0 Å². The molecule has 3 heteroatoms. The first-order valence-corrected chi connectivity index (χ1v) is 18.8. The number of allylic oxidation sites excluding steroid dienone is 4. The minimum absolute atomic E-state index is 0. The van der Waals surface area contributed by atoms with E-state index < -0.39 is 22.8 Å². The van der Waals surface area contributed by atoms with Crippen LogP contribution < -0.4 is 24.8 Å². The molecule has 0 N–H and O–H groups in total. The van der Waals surface area contributed by atoms with Crippen molar-refractivity contribution in [2.45, 2.75) is 83.2 Å². The zero-order valence-corrected chi connectivity index (χ0v) is 31.9. The molecule has 0 saturated heterocycles. The van der Waals surface area contributed by atoms with Crippen molar-refractivity contribution in [1.29, 1.82) is 0 Å². The Labute approximate surface area is 295 Å². The van der Waals surface area contributed by atoms with Gasteiger partial charge in [0.1, 0.15) is 0 Å². The second-order valence-electron chi connectivity index (χ2n) is 13.4. The summed E-state index contributed by atoms with van der Waals surface area (Å²) in [5.41, 5.74) is 19.9. The van der Waals surface area contributed by atoms with Crippen molar-refractivity contribution in [3.05, 3.63) is 147 Å². The summed E-state index contributed by atoms with van der Waals surface area (Å²) in [5.74, 6) is 1.40. The van der Waals surface area contributed by atoms with Crippen molar-refractivity contribution in [3.63, 3.8) is 0 Å². The number of rotatable bonds is 7. The fraction of sp³-hybridized carbons (Fsp3) is 0.310. The van der Waals surface area contributed by atoms with Gasteiger partial charge in [-0.2, -0.15) is 0 Å². The van der Waals surface area contributed by atoms with E-state index >= 15 is 0 Å². The molecule has 0 saturated carbocycles. The fourth-order valence-electron chi connectivity index (χ4n) is 7.70.